The average Bonchev–Trinajstić information content (AvgIpc) is 2.95. The first kappa shape index (κ1) is 14.9. The lowest BCUT2D eigenvalue weighted by Gasteiger charge is -2.04. The van der Waals surface area contributed by atoms with Crippen molar-refractivity contribution in [2.75, 3.05) is 5.32 Å². The lowest BCUT2D eigenvalue weighted by Crippen LogP contribution is -2.13. The Morgan fingerprint density at radius 1 is 1.09 bits per heavy atom. The van der Waals surface area contributed by atoms with E-state index in [1.54, 1.807) is 24.3 Å². The highest BCUT2D eigenvalue weighted by molar-refractivity contribution is 6.03. The van der Waals surface area contributed by atoms with Crippen LogP contribution in [0.1, 0.15) is 21.5 Å². The van der Waals surface area contributed by atoms with E-state index in [9.17, 15) is 9.18 Å². The number of carbonyl (C=O) groups is 1. The van der Waals surface area contributed by atoms with Crippen molar-refractivity contribution in [3.63, 3.8) is 0 Å². The minimum Gasteiger partial charge on any atom is -0.289 e. The summed E-state index contributed by atoms with van der Waals surface area (Å²) < 4.78 is 12.9. The smallest absolute Gasteiger partial charge is 0.258 e. The number of aryl methyl sites for hydroxylation is 2. The summed E-state index contributed by atoms with van der Waals surface area (Å²) >= 11 is 0. The van der Waals surface area contributed by atoms with E-state index in [4.69, 9.17) is 0 Å². The van der Waals surface area contributed by atoms with E-state index < -0.39 is 0 Å². The van der Waals surface area contributed by atoms with Crippen LogP contribution in [0.5, 0.6) is 0 Å². The number of carbonyl (C=O) groups excluding carboxylic acids is 1. The summed E-state index contributed by atoms with van der Waals surface area (Å²) in [5, 5.41) is 9.33. The number of nitrogens with one attached hydrogen (secondary N) is 2. The van der Waals surface area contributed by atoms with E-state index in [1.165, 1.54) is 12.1 Å². The number of H-pyrrole nitrogens is 1. The van der Waals surface area contributed by atoms with Gasteiger partial charge in [0.25, 0.3) is 5.91 Å². The summed E-state index contributed by atoms with van der Waals surface area (Å²) in [5.41, 5.74) is 3.26. The second-order valence-electron chi connectivity index (χ2n) is 5.35. The van der Waals surface area contributed by atoms with Crippen LogP contribution in [0.3, 0.4) is 0 Å². The summed E-state index contributed by atoms with van der Waals surface area (Å²) in [6.07, 6.45) is 0. The van der Waals surface area contributed by atoms with Gasteiger partial charge in [-0.25, -0.2) is 4.39 Å². The van der Waals surface area contributed by atoms with E-state index >= 15 is 0 Å². The van der Waals surface area contributed by atoms with Crippen LogP contribution >= 0.6 is 0 Å². The number of aromatic amines is 1. The highest BCUT2D eigenvalue weighted by Crippen LogP contribution is 2.17. The molecule has 0 aliphatic heterocycles. The summed E-state index contributed by atoms with van der Waals surface area (Å²) in [6, 6.07) is 11.5. The molecule has 2 aromatic carbocycles. The van der Waals surface area contributed by atoms with Crippen LogP contribution in [-0.2, 0) is 0 Å². The molecule has 1 heterocycles. The molecule has 0 saturated carbocycles. The third kappa shape index (κ3) is 3.42. The van der Waals surface area contributed by atoms with Crippen LogP contribution in [0.4, 0.5) is 10.3 Å². The van der Waals surface area contributed by atoms with Crippen molar-refractivity contribution in [1.29, 1.82) is 0 Å². The van der Waals surface area contributed by atoms with E-state index in [2.05, 4.69) is 20.5 Å². The molecule has 23 heavy (non-hydrogen) atoms. The molecule has 0 fully saturated rings. The monoisotopic (exact) mass is 310 g/mol. The minimum absolute atomic E-state index is 0.175. The molecule has 0 unspecified atom stereocenters. The van der Waals surface area contributed by atoms with Gasteiger partial charge in [-0.05, 0) is 50.2 Å². The second-order valence-corrected chi connectivity index (χ2v) is 5.35. The molecule has 0 bridgehead atoms. The number of nitrogens with zero attached hydrogens (tertiary/aromatic N) is 2. The number of rotatable bonds is 3. The SMILES string of the molecule is Cc1cc(C)cc(C(=O)Nc2n[nH]c(-c3ccc(F)cc3)n2)c1. The van der Waals surface area contributed by atoms with Gasteiger partial charge in [-0.1, -0.05) is 17.2 Å². The second kappa shape index (κ2) is 6.00. The normalized spacial score (nSPS) is 10.6. The van der Waals surface area contributed by atoms with Crippen molar-refractivity contribution in [3.05, 3.63) is 65.0 Å². The van der Waals surface area contributed by atoms with Crippen LogP contribution in [0.2, 0.25) is 0 Å². The molecular formula is C17H15FN4O. The van der Waals surface area contributed by atoms with Gasteiger partial charge in [0.05, 0.1) is 0 Å². The van der Waals surface area contributed by atoms with Crippen LogP contribution in [0.25, 0.3) is 11.4 Å². The fourth-order valence-corrected chi connectivity index (χ4v) is 2.33. The summed E-state index contributed by atoms with van der Waals surface area (Å²) in [6.45, 7) is 3.87. The number of amides is 1. The Hall–Kier alpha value is -3.02. The molecule has 0 radical (unpaired) electrons. The summed E-state index contributed by atoms with van der Waals surface area (Å²) in [4.78, 5) is 16.5. The van der Waals surface area contributed by atoms with Crippen molar-refractivity contribution >= 4 is 11.9 Å². The van der Waals surface area contributed by atoms with Gasteiger partial charge in [0.15, 0.2) is 5.82 Å². The standard InChI is InChI=1S/C17H15FN4O/c1-10-7-11(2)9-13(8-10)16(23)20-17-19-15(21-22-17)12-3-5-14(18)6-4-12/h3-9H,1-2H3,(H2,19,20,21,22,23). The Morgan fingerprint density at radius 2 is 1.74 bits per heavy atom. The molecule has 5 nitrogen and oxygen atoms in total. The molecule has 1 aromatic heterocycles. The number of aromatic nitrogens is 3. The fraction of sp³-hybridized carbons (Fsp3) is 0.118. The van der Waals surface area contributed by atoms with Gasteiger partial charge in [-0.15, -0.1) is 5.10 Å². The van der Waals surface area contributed by atoms with Gasteiger partial charge < -0.3 is 0 Å². The van der Waals surface area contributed by atoms with Crippen LogP contribution in [0, 0.1) is 19.7 Å². The van der Waals surface area contributed by atoms with Crippen molar-refractivity contribution in [1.82, 2.24) is 15.2 Å². The third-order valence-electron chi connectivity index (χ3n) is 3.31. The van der Waals surface area contributed by atoms with E-state index in [0.29, 0.717) is 17.0 Å². The number of anilines is 1. The maximum Gasteiger partial charge on any atom is 0.258 e. The zero-order valence-corrected chi connectivity index (χ0v) is 12.7. The van der Waals surface area contributed by atoms with E-state index in [0.717, 1.165) is 11.1 Å². The molecule has 2 N–H and O–H groups in total. The lowest BCUT2D eigenvalue weighted by atomic mass is 10.1. The first-order valence-electron chi connectivity index (χ1n) is 7.09. The van der Waals surface area contributed by atoms with Crippen molar-refractivity contribution < 1.29 is 9.18 Å². The Bertz CT molecular complexity index is 835. The number of halogens is 1. The van der Waals surface area contributed by atoms with Gasteiger partial charge in [0, 0.05) is 11.1 Å². The minimum atomic E-state index is -0.323. The third-order valence-corrected chi connectivity index (χ3v) is 3.31. The molecule has 0 aliphatic carbocycles. The molecule has 0 atom stereocenters. The van der Waals surface area contributed by atoms with Gasteiger partial charge in [-0.3, -0.25) is 15.2 Å². The van der Waals surface area contributed by atoms with Crippen LogP contribution in [-0.4, -0.2) is 21.1 Å². The van der Waals surface area contributed by atoms with Crippen LogP contribution in [0.15, 0.2) is 42.5 Å². The molecular weight excluding hydrogens is 295 g/mol. The van der Waals surface area contributed by atoms with Gasteiger partial charge in [-0.2, -0.15) is 4.98 Å². The molecule has 1 amide bonds. The summed E-state index contributed by atoms with van der Waals surface area (Å²) in [5.74, 6) is 0.0345. The number of benzene rings is 2. The van der Waals surface area contributed by atoms with Crippen molar-refractivity contribution in [2.45, 2.75) is 13.8 Å². The fourth-order valence-electron chi connectivity index (χ4n) is 2.33. The maximum atomic E-state index is 12.9. The number of hydrogen-bond acceptors (Lipinski definition) is 3. The van der Waals surface area contributed by atoms with E-state index in [-0.39, 0.29) is 17.7 Å². The molecule has 116 valence electrons. The van der Waals surface area contributed by atoms with Crippen molar-refractivity contribution in [2.24, 2.45) is 0 Å². The van der Waals surface area contributed by atoms with Gasteiger partial charge in [0.2, 0.25) is 5.95 Å². The molecule has 3 rings (SSSR count). The number of hydrogen-bond donors (Lipinski definition) is 2. The molecule has 3 aromatic rings. The average molecular weight is 310 g/mol. The zero-order valence-electron chi connectivity index (χ0n) is 12.7. The first-order chi connectivity index (χ1) is 11.0. The van der Waals surface area contributed by atoms with Crippen LogP contribution < -0.4 is 5.32 Å². The highest BCUT2D eigenvalue weighted by Gasteiger charge is 2.11. The Labute approximate surface area is 132 Å². The Kier molecular flexibility index (Phi) is 3.89. The molecule has 6 heteroatoms. The van der Waals surface area contributed by atoms with Crippen molar-refractivity contribution in [3.8, 4) is 11.4 Å². The molecule has 0 spiro atoms. The molecule has 0 saturated heterocycles. The quantitative estimate of drug-likeness (QED) is 0.778. The largest absolute Gasteiger partial charge is 0.289 e. The topological polar surface area (TPSA) is 70.7 Å². The maximum absolute atomic E-state index is 12.9. The Balaban J connectivity index is 1.78. The van der Waals surface area contributed by atoms with Gasteiger partial charge in [0.1, 0.15) is 5.82 Å². The summed E-state index contributed by atoms with van der Waals surface area (Å²) in [7, 11) is 0. The lowest BCUT2D eigenvalue weighted by molar-refractivity contribution is 0.102. The Morgan fingerprint density at radius 3 is 2.39 bits per heavy atom. The predicted molar refractivity (Wildman–Crippen MR) is 85.6 cm³/mol. The molecule has 0 aliphatic rings. The predicted octanol–water partition coefficient (Wildman–Crippen LogP) is 3.48. The zero-order chi connectivity index (χ0) is 16.4. The van der Waals surface area contributed by atoms with E-state index in [1.807, 2.05) is 19.9 Å². The first-order valence-corrected chi connectivity index (χ1v) is 7.09. The van der Waals surface area contributed by atoms with Gasteiger partial charge >= 0.3 is 0 Å². The highest BCUT2D eigenvalue weighted by atomic mass is 19.1.